The van der Waals surface area contributed by atoms with E-state index in [2.05, 4.69) is 4.74 Å². The van der Waals surface area contributed by atoms with Crippen molar-refractivity contribution < 1.29 is 88.2 Å². The molecule has 1 nitrogen and oxygen atoms in total. The van der Waals surface area contributed by atoms with Gasteiger partial charge in [-0.3, -0.25) is 0 Å². The summed E-state index contributed by atoms with van der Waals surface area (Å²) in [6.45, 7) is -1.58. The van der Waals surface area contributed by atoms with Crippen LogP contribution >= 0.6 is 0 Å². The molecule has 1 rings (SSSR count). The SMILES string of the molecule is FC(F)(F)C(F)(F)C(F)(F)C(F)(F)C(F)(F)C(F)(F)C(F)(F)C(F)(F)C(F)(F)[C@H]1CO1. The fraction of sp³-hybridized carbons (Fsp3) is 1.00. The molecule has 0 saturated carbocycles. The average Bonchev–Trinajstić information content (AvgIpc) is 3.37. The van der Waals surface area contributed by atoms with Gasteiger partial charge >= 0.3 is 53.6 Å². The van der Waals surface area contributed by atoms with E-state index >= 15 is 0 Å². The predicted molar refractivity (Wildman–Crippen MR) is 55.4 cm³/mol. The quantitative estimate of drug-likeness (QED) is 0.286. The fourth-order valence-electron chi connectivity index (χ4n) is 1.83. The molecule has 31 heavy (non-hydrogen) atoms. The van der Waals surface area contributed by atoms with Crippen molar-refractivity contribution in [3.8, 4) is 0 Å². The second-order valence-corrected chi connectivity index (χ2v) is 5.96. The highest BCUT2D eigenvalue weighted by Crippen LogP contribution is 2.65. The van der Waals surface area contributed by atoms with Gasteiger partial charge in [-0.1, -0.05) is 0 Å². The molecule has 0 aromatic heterocycles. The molecule has 0 spiro atoms. The van der Waals surface area contributed by atoms with Crippen molar-refractivity contribution in [3.05, 3.63) is 0 Å². The molecule has 0 aromatic carbocycles. The largest absolute Gasteiger partial charge is 0.460 e. The van der Waals surface area contributed by atoms with Crippen LogP contribution in [0.15, 0.2) is 0 Å². The summed E-state index contributed by atoms with van der Waals surface area (Å²) in [5.74, 6) is -66.2. The maximum atomic E-state index is 13.3. The minimum atomic E-state index is -8.88. The number of halogens is 19. The minimum absolute atomic E-state index is 1.58. The molecule has 0 unspecified atom stereocenters. The lowest BCUT2D eigenvalue weighted by Gasteiger charge is -2.43. The number of ether oxygens (including phenoxy) is 1. The highest BCUT2D eigenvalue weighted by Gasteiger charge is 2.97. The molecule has 0 amide bonds. The van der Waals surface area contributed by atoms with E-state index in [1.807, 2.05) is 0 Å². The van der Waals surface area contributed by atoms with Crippen LogP contribution in [0, 0.1) is 0 Å². The van der Waals surface area contributed by atoms with Crippen LogP contribution in [0.1, 0.15) is 0 Å². The van der Waals surface area contributed by atoms with Crippen LogP contribution in [0.4, 0.5) is 83.4 Å². The van der Waals surface area contributed by atoms with Gasteiger partial charge in [-0.2, -0.15) is 83.4 Å². The summed E-state index contributed by atoms with van der Waals surface area (Å²) in [7, 11) is 0. The Morgan fingerprint density at radius 2 is 0.613 bits per heavy atom. The van der Waals surface area contributed by atoms with Gasteiger partial charge in [0.25, 0.3) is 0 Å². The van der Waals surface area contributed by atoms with E-state index in [-0.39, 0.29) is 0 Å². The van der Waals surface area contributed by atoms with Crippen molar-refractivity contribution in [2.75, 3.05) is 6.61 Å². The molecule has 0 aromatic rings. The molecule has 1 atom stereocenters. The molecule has 1 fully saturated rings. The standard InChI is InChI=1S/C11H3F19O/c12-3(13,2-1-31-2)4(14,15)5(16,17)6(18,19)7(20,21)8(22,23)9(24,25)10(26,27)11(28,29)30/h2H,1H2/t2-/m1/s1. The van der Waals surface area contributed by atoms with E-state index in [0.717, 1.165) is 0 Å². The van der Waals surface area contributed by atoms with Gasteiger partial charge in [0.15, 0.2) is 6.10 Å². The molecule has 0 aliphatic carbocycles. The molecule has 1 aliphatic heterocycles. The zero-order valence-electron chi connectivity index (χ0n) is 13.4. The number of epoxide rings is 1. The molecule has 186 valence electrons. The van der Waals surface area contributed by atoms with E-state index in [4.69, 9.17) is 0 Å². The van der Waals surface area contributed by atoms with Crippen molar-refractivity contribution in [3.63, 3.8) is 0 Å². The first kappa shape index (κ1) is 27.7. The maximum Gasteiger partial charge on any atom is 0.460 e. The molecule has 1 heterocycles. The summed E-state index contributed by atoms with van der Waals surface area (Å²) in [6, 6.07) is 0. The molecule has 0 N–H and O–H groups in total. The molecule has 0 radical (unpaired) electrons. The van der Waals surface area contributed by atoms with Crippen LogP contribution in [0.25, 0.3) is 0 Å². The van der Waals surface area contributed by atoms with Crippen molar-refractivity contribution in [2.45, 2.75) is 59.7 Å². The first-order chi connectivity index (χ1) is 13.1. The third kappa shape index (κ3) is 3.20. The van der Waals surface area contributed by atoms with E-state index in [0.29, 0.717) is 0 Å². The summed E-state index contributed by atoms with van der Waals surface area (Å²) in [5.41, 5.74) is 0. The van der Waals surface area contributed by atoms with Crippen molar-refractivity contribution >= 4 is 0 Å². The molecule has 1 aliphatic rings. The minimum Gasteiger partial charge on any atom is -0.366 e. The van der Waals surface area contributed by atoms with E-state index in [1.165, 1.54) is 0 Å². The predicted octanol–water partition coefficient (Wildman–Crippen LogP) is 6.03. The Bertz CT molecular complexity index is 683. The highest BCUT2D eigenvalue weighted by atomic mass is 19.4. The number of alkyl halides is 19. The second-order valence-electron chi connectivity index (χ2n) is 5.96. The highest BCUT2D eigenvalue weighted by molar-refractivity contribution is 5.17. The Kier molecular flexibility index (Phi) is 5.87. The van der Waals surface area contributed by atoms with Crippen LogP contribution in [0.3, 0.4) is 0 Å². The number of hydrogen-bond acceptors (Lipinski definition) is 1. The Hall–Kier alpha value is -1.37. The van der Waals surface area contributed by atoms with Gasteiger partial charge in [-0.15, -0.1) is 0 Å². The van der Waals surface area contributed by atoms with Crippen LogP contribution in [-0.2, 0) is 4.74 Å². The van der Waals surface area contributed by atoms with E-state index < -0.39 is 66.3 Å². The molecule has 20 heteroatoms. The molecular weight excluding hydrogens is 509 g/mol. The Morgan fingerprint density at radius 1 is 0.387 bits per heavy atom. The van der Waals surface area contributed by atoms with Gasteiger partial charge in [0.05, 0.1) is 6.61 Å². The normalized spacial score (nSPS) is 20.8. The van der Waals surface area contributed by atoms with Crippen LogP contribution in [-0.4, -0.2) is 66.3 Å². The molecule has 0 bridgehead atoms. The lowest BCUT2D eigenvalue weighted by molar-refractivity contribution is -0.469. The topological polar surface area (TPSA) is 12.5 Å². The zero-order valence-corrected chi connectivity index (χ0v) is 13.4. The van der Waals surface area contributed by atoms with Crippen molar-refractivity contribution in [1.82, 2.24) is 0 Å². The fourth-order valence-corrected chi connectivity index (χ4v) is 1.83. The molecular formula is C11H3F19O. The summed E-state index contributed by atoms with van der Waals surface area (Å²) in [6.07, 6.45) is -11.2. The monoisotopic (exact) mass is 512 g/mol. The van der Waals surface area contributed by atoms with E-state index in [1.54, 1.807) is 0 Å². The third-order valence-electron chi connectivity index (χ3n) is 3.88. The maximum absolute atomic E-state index is 13.3. The first-order valence-electron chi connectivity index (χ1n) is 6.81. The number of rotatable bonds is 8. The first-order valence-corrected chi connectivity index (χ1v) is 6.81. The number of hydrogen-bond donors (Lipinski definition) is 0. The zero-order chi connectivity index (χ0) is 25.5. The van der Waals surface area contributed by atoms with Gasteiger partial charge < -0.3 is 4.74 Å². The van der Waals surface area contributed by atoms with Gasteiger partial charge in [-0.05, 0) is 0 Å². The van der Waals surface area contributed by atoms with Gasteiger partial charge in [-0.25, -0.2) is 0 Å². The summed E-state index contributed by atoms with van der Waals surface area (Å²) < 4.78 is 249. The van der Waals surface area contributed by atoms with Crippen LogP contribution in [0.5, 0.6) is 0 Å². The third-order valence-corrected chi connectivity index (χ3v) is 3.88. The Labute approximate surface area is 156 Å². The van der Waals surface area contributed by atoms with Crippen molar-refractivity contribution in [1.29, 1.82) is 0 Å². The Morgan fingerprint density at radius 3 is 0.839 bits per heavy atom. The second kappa shape index (κ2) is 6.58. The summed E-state index contributed by atoms with van der Waals surface area (Å²) in [5, 5.41) is 0. The van der Waals surface area contributed by atoms with Gasteiger partial charge in [0, 0.05) is 0 Å². The Balaban J connectivity index is 3.65. The van der Waals surface area contributed by atoms with Crippen LogP contribution in [0.2, 0.25) is 0 Å². The summed E-state index contributed by atoms with van der Waals surface area (Å²) >= 11 is 0. The lowest BCUT2D eigenvalue weighted by Crippen LogP contribution is -2.76. The van der Waals surface area contributed by atoms with Crippen molar-refractivity contribution in [2.24, 2.45) is 0 Å². The van der Waals surface area contributed by atoms with Crippen LogP contribution < -0.4 is 0 Å². The molecule has 1 saturated heterocycles. The smallest absolute Gasteiger partial charge is 0.366 e. The van der Waals surface area contributed by atoms with Gasteiger partial charge in [0.2, 0.25) is 0 Å². The average molecular weight is 512 g/mol. The van der Waals surface area contributed by atoms with E-state index in [9.17, 15) is 83.4 Å². The lowest BCUT2D eigenvalue weighted by atomic mass is 9.87. The summed E-state index contributed by atoms with van der Waals surface area (Å²) in [4.78, 5) is 0. The van der Waals surface area contributed by atoms with Gasteiger partial charge in [0.1, 0.15) is 0 Å².